The number of rotatable bonds is 3. The van der Waals surface area contributed by atoms with Gasteiger partial charge in [0.15, 0.2) is 0 Å². The molecule has 3 rings (SSSR count). The van der Waals surface area contributed by atoms with Crippen LogP contribution >= 0.6 is 0 Å². The topological polar surface area (TPSA) is 25.2 Å². The van der Waals surface area contributed by atoms with Crippen molar-refractivity contribution in [3.8, 4) is 0 Å². The Labute approximate surface area is 119 Å². The standard InChI is InChI=1S/C17H20N2O/c1-18-10-5-8-16(18)17(20)19-11-9-15(13-19)12-14-6-3-2-4-7-14/h2-8,10,15H,9,11-13H2,1H3. The van der Waals surface area contributed by atoms with Gasteiger partial charge >= 0.3 is 0 Å². The Morgan fingerprint density at radius 1 is 1.20 bits per heavy atom. The van der Waals surface area contributed by atoms with Crippen LogP contribution in [-0.4, -0.2) is 28.5 Å². The number of benzene rings is 1. The van der Waals surface area contributed by atoms with E-state index in [-0.39, 0.29) is 5.91 Å². The van der Waals surface area contributed by atoms with Gasteiger partial charge < -0.3 is 9.47 Å². The van der Waals surface area contributed by atoms with Crippen LogP contribution in [0.2, 0.25) is 0 Å². The van der Waals surface area contributed by atoms with Crippen molar-refractivity contribution in [2.24, 2.45) is 13.0 Å². The fourth-order valence-electron chi connectivity index (χ4n) is 2.98. The fraction of sp³-hybridized carbons (Fsp3) is 0.353. The van der Waals surface area contributed by atoms with E-state index in [9.17, 15) is 4.79 Å². The van der Waals surface area contributed by atoms with Crippen molar-refractivity contribution in [3.05, 3.63) is 59.9 Å². The Kier molecular flexibility index (Phi) is 3.59. The van der Waals surface area contributed by atoms with Crippen LogP contribution in [0.3, 0.4) is 0 Å². The lowest BCUT2D eigenvalue weighted by atomic mass is 9.99. The molecule has 0 aliphatic carbocycles. The highest BCUT2D eigenvalue weighted by Gasteiger charge is 2.27. The van der Waals surface area contributed by atoms with E-state index in [0.717, 1.165) is 31.6 Å². The Balaban J connectivity index is 1.62. The number of nitrogens with zero attached hydrogens (tertiary/aromatic N) is 2. The normalized spacial score (nSPS) is 18.4. The first-order chi connectivity index (χ1) is 9.74. The molecule has 1 aromatic heterocycles. The van der Waals surface area contributed by atoms with Crippen LogP contribution < -0.4 is 0 Å². The largest absolute Gasteiger partial charge is 0.347 e. The van der Waals surface area contributed by atoms with E-state index in [4.69, 9.17) is 0 Å². The summed E-state index contributed by atoms with van der Waals surface area (Å²) in [4.78, 5) is 14.4. The second-order valence-electron chi connectivity index (χ2n) is 5.60. The zero-order valence-corrected chi connectivity index (χ0v) is 11.8. The van der Waals surface area contributed by atoms with E-state index in [1.807, 2.05) is 40.9 Å². The third kappa shape index (κ3) is 2.62. The third-order valence-corrected chi connectivity index (χ3v) is 4.10. The molecule has 3 heteroatoms. The molecular weight excluding hydrogens is 248 g/mol. The molecular formula is C17H20N2O. The molecule has 3 nitrogen and oxygen atoms in total. The molecule has 1 aromatic carbocycles. The summed E-state index contributed by atoms with van der Waals surface area (Å²) in [6, 6.07) is 14.4. The molecule has 2 aromatic rings. The number of amides is 1. The fourth-order valence-corrected chi connectivity index (χ4v) is 2.98. The summed E-state index contributed by atoms with van der Waals surface area (Å²) in [6.45, 7) is 1.75. The van der Waals surface area contributed by atoms with Gasteiger partial charge in [-0.2, -0.15) is 0 Å². The summed E-state index contributed by atoms with van der Waals surface area (Å²) in [7, 11) is 1.92. The number of aromatic nitrogens is 1. The highest BCUT2D eigenvalue weighted by atomic mass is 16.2. The Morgan fingerprint density at radius 2 is 2.00 bits per heavy atom. The van der Waals surface area contributed by atoms with Crippen LogP contribution in [0.15, 0.2) is 48.7 Å². The molecule has 0 N–H and O–H groups in total. The van der Waals surface area contributed by atoms with E-state index in [1.54, 1.807) is 0 Å². The average molecular weight is 268 g/mol. The molecule has 1 fully saturated rings. The Morgan fingerprint density at radius 3 is 2.70 bits per heavy atom. The van der Waals surface area contributed by atoms with Gasteiger partial charge in [0.1, 0.15) is 5.69 Å². The molecule has 0 spiro atoms. The molecule has 20 heavy (non-hydrogen) atoms. The molecule has 1 aliphatic rings. The monoisotopic (exact) mass is 268 g/mol. The summed E-state index contributed by atoms with van der Waals surface area (Å²) in [5.74, 6) is 0.745. The summed E-state index contributed by atoms with van der Waals surface area (Å²) >= 11 is 0. The van der Waals surface area contributed by atoms with Crippen LogP contribution in [0.25, 0.3) is 0 Å². The van der Waals surface area contributed by atoms with Gasteiger partial charge in [-0.05, 0) is 36.5 Å². The highest BCUT2D eigenvalue weighted by molar-refractivity contribution is 5.92. The predicted molar refractivity (Wildman–Crippen MR) is 79.6 cm³/mol. The molecule has 0 saturated carbocycles. The van der Waals surface area contributed by atoms with E-state index in [1.165, 1.54) is 5.56 Å². The minimum Gasteiger partial charge on any atom is -0.347 e. The molecule has 1 unspecified atom stereocenters. The quantitative estimate of drug-likeness (QED) is 0.840. The minimum absolute atomic E-state index is 0.160. The van der Waals surface area contributed by atoms with Crippen molar-refractivity contribution in [2.75, 3.05) is 13.1 Å². The van der Waals surface area contributed by atoms with E-state index < -0.39 is 0 Å². The first-order valence-corrected chi connectivity index (χ1v) is 7.18. The van der Waals surface area contributed by atoms with Crippen LogP contribution in [0.1, 0.15) is 22.5 Å². The zero-order valence-electron chi connectivity index (χ0n) is 11.8. The minimum atomic E-state index is 0.160. The van der Waals surface area contributed by atoms with Gasteiger partial charge in [0.2, 0.25) is 0 Å². The molecule has 1 atom stereocenters. The van der Waals surface area contributed by atoms with Gasteiger partial charge in [-0.3, -0.25) is 4.79 Å². The van der Waals surface area contributed by atoms with Crippen molar-refractivity contribution in [1.82, 2.24) is 9.47 Å². The zero-order chi connectivity index (χ0) is 13.9. The second-order valence-corrected chi connectivity index (χ2v) is 5.60. The maximum Gasteiger partial charge on any atom is 0.270 e. The van der Waals surface area contributed by atoms with Crippen LogP contribution in [-0.2, 0) is 13.5 Å². The Hall–Kier alpha value is -2.03. The van der Waals surface area contributed by atoms with Gasteiger partial charge in [0.05, 0.1) is 0 Å². The number of carbonyl (C=O) groups excluding carboxylic acids is 1. The first-order valence-electron chi connectivity index (χ1n) is 7.18. The highest BCUT2D eigenvalue weighted by Crippen LogP contribution is 2.22. The number of hydrogen-bond acceptors (Lipinski definition) is 1. The summed E-state index contributed by atoms with van der Waals surface area (Å²) in [5, 5.41) is 0. The molecule has 0 bridgehead atoms. The van der Waals surface area contributed by atoms with Crippen LogP contribution in [0.5, 0.6) is 0 Å². The molecule has 1 aliphatic heterocycles. The van der Waals surface area contributed by atoms with Gasteiger partial charge in [-0.25, -0.2) is 0 Å². The predicted octanol–water partition coefficient (Wildman–Crippen LogP) is 2.73. The number of aryl methyl sites for hydroxylation is 1. The van der Waals surface area contributed by atoms with Gasteiger partial charge in [-0.1, -0.05) is 30.3 Å². The van der Waals surface area contributed by atoms with Crippen molar-refractivity contribution < 1.29 is 4.79 Å². The van der Waals surface area contributed by atoms with Crippen LogP contribution in [0.4, 0.5) is 0 Å². The Bertz CT molecular complexity index is 588. The summed E-state index contributed by atoms with van der Waals surface area (Å²) < 4.78 is 1.90. The average Bonchev–Trinajstić information content (AvgIpc) is 3.08. The molecule has 1 amide bonds. The van der Waals surface area contributed by atoms with Crippen molar-refractivity contribution in [3.63, 3.8) is 0 Å². The SMILES string of the molecule is Cn1cccc1C(=O)N1CCC(Cc2ccccc2)C1. The third-order valence-electron chi connectivity index (χ3n) is 4.10. The molecule has 2 heterocycles. The summed E-state index contributed by atoms with van der Waals surface area (Å²) in [6.07, 6.45) is 4.09. The van der Waals surface area contributed by atoms with Gasteiger partial charge in [0.25, 0.3) is 5.91 Å². The lowest BCUT2D eigenvalue weighted by molar-refractivity contribution is 0.0777. The van der Waals surface area contributed by atoms with Crippen molar-refractivity contribution >= 4 is 5.91 Å². The van der Waals surface area contributed by atoms with E-state index >= 15 is 0 Å². The number of carbonyl (C=O) groups is 1. The lowest BCUT2D eigenvalue weighted by Crippen LogP contribution is -2.30. The maximum absolute atomic E-state index is 12.4. The number of hydrogen-bond donors (Lipinski definition) is 0. The number of likely N-dealkylation sites (tertiary alicyclic amines) is 1. The molecule has 104 valence electrons. The van der Waals surface area contributed by atoms with Gasteiger partial charge in [-0.15, -0.1) is 0 Å². The van der Waals surface area contributed by atoms with Crippen LogP contribution in [0, 0.1) is 5.92 Å². The second kappa shape index (κ2) is 5.53. The summed E-state index contributed by atoms with van der Waals surface area (Å²) in [5.41, 5.74) is 2.15. The first kappa shape index (κ1) is 13.0. The lowest BCUT2D eigenvalue weighted by Gasteiger charge is -2.17. The smallest absolute Gasteiger partial charge is 0.270 e. The van der Waals surface area contributed by atoms with E-state index in [0.29, 0.717) is 5.92 Å². The maximum atomic E-state index is 12.4. The molecule has 1 saturated heterocycles. The van der Waals surface area contributed by atoms with Crippen molar-refractivity contribution in [2.45, 2.75) is 12.8 Å². The van der Waals surface area contributed by atoms with Gasteiger partial charge in [0, 0.05) is 26.3 Å². The van der Waals surface area contributed by atoms with Crippen molar-refractivity contribution in [1.29, 1.82) is 0 Å². The molecule has 0 radical (unpaired) electrons. The van der Waals surface area contributed by atoms with E-state index in [2.05, 4.69) is 24.3 Å².